The number of imide groups is 1. The molecule has 2 amide bonds. The van der Waals surface area contributed by atoms with Gasteiger partial charge in [0.05, 0.1) is 25.0 Å². The topological polar surface area (TPSA) is 86.3 Å². The van der Waals surface area contributed by atoms with Gasteiger partial charge in [-0.25, -0.2) is 0 Å². The zero-order valence-electron chi connectivity index (χ0n) is 18.0. The molecule has 0 spiro atoms. The van der Waals surface area contributed by atoms with E-state index >= 15 is 0 Å². The van der Waals surface area contributed by atoms with Crippen LogP contribution in [0.3, 0.4) is 0 Å². The van der Waals surface area contributed by atoms with Crippen molar-refractivity contribution >= 4 is 41.8 Å². The number of morpholine rings is 1. The third kappa shape index (κ3) is 4.38. The smallest absolute Gasteiger partial charge is 0.233 e. The average Bonchev–Trinajstić information content (AvgIpc) is 3.40. The number of ether oxygens (including phenoxy) is 1. The molecule has 4 rings (SSSR count). The lowest BCUT2D eigenvalue weighted by Gasteiger charge is -2.38. The predicted octanol–water partition coefficient (Wildman–Crippen LogP) is 0.686. The number of likely N-dealkylation sites (tertiary alicyclic amines) is 1. The third-order valence-electron chi connectivity index (χ3n) is 6.96. The molecule has 2 aliphatic heterocycles. The quantitative estimate of drug-likeness (QED) is 0.173. The van der Waals surface area contributed by atoms with E-state index in [4.69, 9.17) is 4.74 Å². The Labute approximate surface area is 195 Å². The highest BCUT2D eigenvalue weighted by Gasteiger charge is 2.58. The van der Waals surface area contributed by atoms with E-state index in [1.807, 2.05) is 0 Å². The molecular formula is C21H34IN5O3. The van der Waals surface area contributed by atoms with Crippen LogP contribution in [0.15, 0.2) is 17.1 Å². The summed E-state index contributed by atoms with van der Waals surface area (Å²) in [5.74, 6) is 1.00. The molecule has 2 heterocycles. The Morgan fingerprint density at radius 3 is 2.50 bits per heavy atom. The van der Waals surface area contributed by atoms with Crippen LogP contribution in [0.4, 0.5) is 0 Å². The Kier molecular flexibility index (Phi) is 7.78. The molecule has 0 radical (unpaired) electrons. The molecule has 8 nitrogen and oxygen atoms in total. The number of carbonyl (C=O) groups is 2. The number of hydrogen-bond donors (Lipinski definition) is 2. The normalized spacial score (nSPS) is 34.2. The van der Waals surface area contributed by atoms with Crippen molar-refractivity contribution < 1.29 is 14.3 Å². The molecule has 2 saturated heterocycles. The van der Waals surface area contributed by atoms with Crippen molar-refractivity contribution in [2.45, 2.75) is 32.4 Å². The van der Waals surface area contributed by atoms with Crippen molar-refractivity contribution in [2.24, 2.45) is 28.7 Å². The molecule has 1 saturated carbocycles. The van der Waals surface area contributed by atoms with Crippen molar-refractivity contribution in [1.29, 1.82) is 0 Å². The first kappa shape index (κ1) is 23.5. The number of fused-ring (bicyclic) bond motifs is 5. The van der Waals surface area contributed by atoms with E-state index in [9.17, 15) is 9.59 Å². The summed E-state index contributed by atoms with van der Waals surface area (Å²) in [6.07, 6.45) is 5.22. The summed E-state index contributed by atoms with van der Waals surface area (Å²) < 4.78 is 5.51. The second kappa shape index (κ2) is 9.95. The molecule has 2 aliphatic carbocycles. The molecule has 2 bridgehead atoms. The highest BCUT2D eigenvalue weighted by atomic mass is 127. The van der Waals surface area contributed by atoms with Gasteiger partial charge in [0.1, 0.15) is 0 Å². The minimum atomic E-state index is -0.119. The van der Waals surface area contributed by atoms with Gasteiger partial charge in [-0.3, -0.25) is 24.4 Å². The van der Waals surface area contributed by atoms with Crippen LogP contribution in [0.2, 0.25) is 0 Å². The minimum absolute atomic E-state index is 0. The third-order valence-corrected chi connectivity index (χ3v) is 6.96. The molecule has 168 valence electrons. The first-order chi connectivity index (χ1) is 14.0. The maximum absolute atomic E-state index is 12.7. The van der Waals surface area contributed by atoms with Crippen LogP contribution >= 0.6 is 24.0 Å². The number of nitrogens with one attached hydrogen (secondary N) is 2. The summed E-state index contributed by atoms with van der Waals surface area (Å²) in [5, 5.41) is 6.60. The van der Waals surface area contributed by atoms with Gasteiger partial charge in [0.15, 0.2) is 5.96 Å². The van der Waals surface area contributed by atoms with E-state index in [0.717, 1.165) is 32.7 Å². The minimum Gasteiger partial charge on any atom is -0.379 e. The van der Waals surface area contributed by atoms with Crippen LogP contribution in [0.1, 0.15) is 20.3 Å². The number of carbonyl (C=O) groups excluding carboxylic acids is 2. The van der Waals surface area contributed by atoms with Crippen molar-refractivity contribution in [1.82, 2.24) is 20.4 Å². The molecule has 0 aromatic heterocycles. The molecule has 6 unspecified atom stereocenters. The maximum atomic E-state index is 12.7. The first-order valence-corrected chi connectivity index (χ1v) is 10.8. The second-order valence-corrected chi connectivity index (χ2v) is 8.72. The SMILES string of the molecule is CN=C(NCCN1C(=O)C2C3C=CC(C3)C2C1=O)NCC(C)N1CCOCC1C.I. The monoisotopic (exact) mass is 531 g/mol. The van der Waals surface area contributed by atoms with Gasteiger partial charge in [-0.05, 0) is 32.1 Å². The van der Waals surface area contributed by atoms with E-state index < -0.39 is 0 Å². The Morgan fingerprint density at radius 2 is 1.90 bits per heavy atom. The predicted molar refractivity (Wildman–Crippen MR) is 126 cm³/mol. The fraction of sp³-hybridized carbons (Fsp3) is 0.762. The molecule has 30 heavy (non-hydrogen) atoms. The fourth-order valence-corrected chi connectivity index (χ4v) is 5.45. The summed E-state index contributed by atoms with van der Waals surface area (Å²) in [6, 6.07) is 0.767. The number of halogens is 1. The fourth-order valence-electron chi connectivity index (χ4n) is 5.45. The van der Waals surface area contributed by atoms with Gasteiger partial charge in [0.2, 0.25) is 11.8 Å². The van der Waals surface area contributed by atoms with Gasteiger partial charge in [0, 0.05) is 45.3 Å². The standard InChI is InChI=1S/C21H33N5O3.HI/c1-13(25-8-9-29-12-14(25)2)11-24-21(22-3)23-6-7-26-19(27)17-15-4-5-16(10-15)18(17)20(26)28;/h4-5,13-18H,6-12H2,1-3H3,(H2,22,23,24);1H. The Bertz CT molecular complexity index is 685. The van der Waals surface area contributed by atoms with E-state index in [0.29, 0.717) is 31.1 Å². The van der Waals surface area contributed by atoms with Crippen LogP contribution in [0.25, 0.3) is 0 Å². The number of guanidine groups is 1. The Morgan fingerprint density at radius 1 is 1.23 bits per heavy atom. The lowest BCUT2D eigenvalue weighted by Crippen LogP contribution is -2.53. The Hall–Kier alpha value is -1.20. The van der Waals surface area contributed by atoms with Crippen LogP contribution in [-0.2, 0) is 14.3 Å². The number of allylic oxidation sites excluding steroid dienone is 2. The maximum Gasteiger partial charge on any atom is 0.233 e. The van der Waals surface area contributed by atoms with E-state index in [1.165, 1.54) is 4.90 Å². The van der Waals surface area contributed by atoms with Crippen molar-refractivity contribution in [3.05, 3.63) is 12.2 Å². The number of hydrogen-bond acceptors (Lipinski definition) is 5. The molecule has 9 heteroatoms. The molecule has 2 N–H and O–H groups in total. The van der Waals surface area contributed by atoms with Gasteiger partial charge in [0.25, 0.3) is 0 Å². The molecule has 4 aliphatic rings. The molecule has 0 aromatic rings. The lowest BCUT2D eigenvalue weighted by atomic mass is 9.85. The largest absolute Gasteiger partial charge is 0.379 e. The van der Waals surface area contributed by atoms with Crippen LogP contribution in [-0.4, -0.2) is 86.1 Å². The van der Waals surface area contributed by atoms with Gasteiger partial charge < -0.3 is 15.4 Å². The zero-order valence-corrected chi connectivity index (χ0v) is 20.4. The van der Waals surface area contributed by atoms with Gasteiger partial charge in [-0.15, -0.1) is 24.0 Å². The zero-order chi connectivity index (χ0) is 20.5. The van der Waals surface area contributed by atoms with Gasteiger partial charge >= 0.3 is 0 Å². The van der Waals surface area contributed by atoms with Gasteiger partial charge in [-0.1, -0.05) is 12.2 Å². The summed E-state index contributed by atoms with van der Waals surface area (Å²) in [7, 11) is 1.73. The Balaban J connectivity index is 0.00000256. The lowest BCUT2D eigenvalue weighted by molar-refractivity contribution is -0.140. The van der Waals surface area contributed by atoms with Crippen LogP contribution < -0.4 is 10.6 Å². The number of rotatable bonds is 6. The molecular weight excluding hydrogens is 497 g/mol. The van der Waals surface area contributed by atoms with Crippen molar-refractivity contribution in [3.63, 3.8) is 0 Å². The second-order valence-electron chi connectivity index (χ2n) is 8.72. The first-order valence-electron chi connectivity index (χ1n) is 10.8. The summed E-state index contributed by atoms with van der Waals surface area (Å²) in [5.41, 5.74) is 0. The highest BCUT2D eigenvalue weighted by molar-refractivity contribution is 14.0. The molecule has 0 aromatic carbocycles. The average molecular weight is 531 g/mol. The van der Waals surface area contributed by atoms with E-state index in [2.05, 4.69) is 46.5 Å². The summed E-state index contributed by atoms with van der Waals surface area (Å²) in [6.45, 7) is 8.53. The number of amides is 2. The van der Waals surface area contributed by atoms with Crippen molar-refractivity contribution in [3.8, 4) is 0 Å². The summed E-state index contributed by atoms with van der Waals surface area (Å²) >= 11 is 0. The number of aliphatic imine (C=N–C) groups is 1. The van der Waals surface area contributed by atoms with Gasteiger partial charge in [-0.2, -0.15) is 0 Å². The molecule has 3 fully saturated rings. The van der Waals surface area contributed by atoms with Crippen LogP contribution in [0, 0.1) is 23.7 Å². The highest BCUT2D eigenvalue weighted by Crippen LogP contribution is 2.52. The van der Waals surface area contributed by atoms with Crippen molar-refractivity contribution in [2.75, 3.05) is 46.4 Å². The summed E-state index contributed by atoms with van der Waals surface area (Å²) in [4.78, 5) is 33.6. The molecule has 6 atom stereocenters. The number of nitrogens with zero attached hydrogens (tertiary/aromatic N) is 3. The van der Waals surface area contributed by atoms with E-state index in [1.54, 1.807) is 7.05 Å². The van der Waals surface area contributed by atoms with E-state index in [-0.39, 0.29) is 59.5 Å². The van der Waals surface area contributed by atoms with Crippen LogP contribution in [0.5, 0.6) is 0 Å².